The first-order valence-corrected chi connectivity index (χ1v) is 8.11. The van der Waals surface area contributed by atoms with E-state index < -0.39 is 10.0 Å². The highest BCUT2D eigenvalue weighted by Crippen LogP contribution is 2.23. The molecule has 0 aliphatic heterocycles. The third kappa shape index (κ3) is 3.20. The van der Waals surface area contributed by atoms with Gasteiger partial charge < -0.3 is 5.73 Å². The van der Waals surface area contributed by atoms with Crippen molar-refractivity contribution < 1.29 is 8.42 Å². The molecule has 0 aliphatic carbocycles. The van der Waals surface area contributed by atoms with Crippen LogP contribution in [0.4, 0.5) is 5.69 Å². The molecule has 1 heterocycles. The Morgan fingerprint density at radius 3 is 2.70 bits per heavy atom. The summed E-state index contributed by atoms with van der Waals surface area (Å²) in [4.78, 5) is 0.167. The molecule has 8 heteroatoms. The van der Waals surface area contributed by atoms with Gasteiger partial charge in [0.15, 0.2) is 0 Å². The van der Waals surface area contributed by atoms with E-state index in [1.165, 1.54) is 12.1 Å². The molecule has 20 heavy (non-hydrogen) atoms. The summed E-state index contributed by atoms with van der Waals surface area (Å²) in [6.45, 7) is 2.04. The largest absolute Gasteiger partial charge is 0.398 e. The van der Waals surface area contributed by atoms with E-state index in [1.807, 2.05) is 6.92 Å². The number of hydrogen-bond donors (Lipinski definition) is 2. The van der Waals surface area contributed by atoms with Crippen LogP contribution in [0.5, 0.6) is 0 Å². The van der Waals surface area contributed by atoms with E-state index in [2.05, 4.69) is 25.8 Å². The van der Waals surface area contributed by atoms with E-state index in [-0.39, 0.29) is 11.4 Å². The molecule has 2 aromatic rings. The van der Waals surface area contributed by atoms with Crippen molar-refractivity contribution in [3.63, 3.8) is 0 Å². The molecular formula is C12H15BrN4O2S. The summed E-state index contributed by atoms with van der Waals surface area (Å²) in [5.41, 5.74) is 7.78. The van der Waals surface area contributed by atoms with Gasteiger partial charge in [-0.25, -0.2) is 13.1 Å². The van der Waals surface area contributed by atoms with Gasteiger partial charge in [-0.2, -0.15) is 5.10 Å². The Bertz CT molecular complexity index is 740. The van der Waals surface area contributed by atoms with Gasteiger partial charge in [0.25, 0.3) is 0 Å². The Morgan fingerprint density at radius 1 is 1.45 bits per heavy atom. The van der Waals surface area contributed by atoms with Crippen LogP contribution in [0.2, 0.25) is 0 Å². The van der Waals surface area contributed by atoms with Crippen molar-refractivity contribution in [2.75, 3.05) is 5.73 Å². The first-order valence-electron chi connectivity index (χ1n) is 5.83. The summed E-state index contributed by atoms with van der Waals surface area (Å²) in [7, 11) is -1.78. The van der Waals surface area contributed by atoms with E-state index in [4.69, 9.17) is 5.73 Å². The monoisotopic (exact) mass is 358 g/mol. The fourth-order valence-electron chi connectivity index (χ4n) is 1.75. The van der Waals surface area contributed by atoms with Crippen LogP contribution in [0.15, 0.2) is 33.8 Å². The second kappa shape index (κ2) is 5.55. The molecule has 2 rings (SSSR count). The summed E-state index contributed by atoms with van der Waals surface area (Å²) in [6.07, 6.45) is 1.79. The van der Waals surface area contributed by atoms with E-state index in [9.17, 15) is 8.42 Å². The molecule has 0 aliphatic rings. The highest BCUT2D eigenvalue weighted by atomic mass is 79.9. The number of nitrogens with two attached hydrogens (primary N) is 1. The van der Waals surface area contributed by atoms with Crippen LogP contribution < -0.4 is 10.5 Å². The molecule has 0 fully saturated rings. The smallest absolute Gasteiger partial charge is 0.240 e. The van der Waals surface area contributed by atoms with E-state index in [0.717, 1.165) is 11.3 Å². The van der Waals surface area contributed by atoms with Gasteiger partial charge in [-0.1, -0.05) is 0 Å². The highest BCUT2D eigenvalue weighted by molar-refractivity contribution is 9.10. The number of nitrogens with one attached hydrogen (secondary N) is 1. The Kier molecular flexibility index (Phi) is 4.17. The van der Waals surface area contributed by atoms with Gasteiger partial charge in [-0.05, 0) is 41.1 Å². The molecule has 1 aromatic heterocycles. The number of halogens is 1. The van der Waals surface area contributed by atoms with Gasteiger partial charge in [0, 0.05) is 35.5 Å². The Labute approximate surface area is 126 Å². The van der Waals surface area contributed by atoms with Crippen molar-refractivity contribution in [2.24, 2.45) is 7.05 Å². The topological polar surface area (TPSA) is 90.0 Å². The summed E-state index contributed by atoms with van der Waals surface area (Å²) in [5, 5.41) is 4.17. The fraction of sp³-hybridized carbons (Fsp3) is 0.250. The average molecular weight is 359 g/mol. The van der Waals surface area contributed by atoms with Gasteiger partial charge in [0.1, 0.15) is 0 Å². The third-order valence-corrected chi connectivity index (χ3v) is 4.94. The van der Waals surface area contributed by atoms with Crippen LogP contribution in [0.25, 0.3) is 0 Å². The summed E-state index contributed by atoms with van der Waals surface area (Å²) in [5.74, 6) is 0. The van der Waals surface area contributed by atoms with Crippen LogP contribution in [0.3, 0.4) is 0 Å². The first-order chi connectivity index (χ1) is 9.29. The Morgan fingerprint density at radius 2 is 2.15 bits per heavy atom. The lowest BCUT2D eigenvalue weighted by Gasteiger charge is -2.07. The van der Waals surface area contributed by atoms with E-state index >= 15 is 0 Å². The molecule has 0 saturated heterocycles. The van der Waals surface area contributed by atoms with E-state index in [1.54, 1.807) is 24.0 Å². The number of hydrogen-bond acceptors (Lipinski definition) is 4. The highest BCUT2D eigenvalue weighted by Gasteiger charge is 2.16. The maximum atomic E-state index is 12.2. The van der Waals surface area contributed by atoms with Crippen LogP contribution in [-0.2, 0) is 23.6 Å². The van der Waals surface area contributed by atoms with Crippen molar-refractivity contribution in [2.45, 2.75) is 18.4 Å². The van der Waals surface area contributed by atoms with Crippen LogP contribution in [0.1, 0.15) is 11.3 Å². The lowest BCUT2D eigenvalue weighted by atomic mass is 10.3. The van der Waals surface area contributed by atoms with Crippen molar-refractivity contribution in [3.8, 4) is 0 Å². The second-order valence-corrected chi connectivity index (χ2v) is 7.04. The van der Waals surface area contributed by atoms with Crippen LogP contribution in [-0.4, -0.2) is 18.2 Å². The maximum Gasteiger partial charge on any atom is 0.240 e. The van der Waals surface area contributed by atoms with Crippen LogP contribution in [0, 0.1) is 6.92 Å². The number of nitrogen functional groups attached to an aromatic ring is 1. The number of aromatic nitrogens is 2. The molecular weight excluding hydrogens is 344 g/mol. The number of rotatable bonds is 4. The van der Waals surface area contributed by atoms with Gasteiger partial charge in [-0.15, -0.1) is 0 Å². The van der Waals surface area contributed by atoms with Crippen molar-refractivity contribution >= 4 is 31.6 Å². The van der Waals surface area contributed by atoms with E-state index in [0.29, 0.717) is 10.2 Å². The summed E-state index contributed by atoms with van der Waals surface area (Å²) in [6, 6.07) is 4.50. The molecule has 108 valence electrons. The lowest BCUT2D eigenvalue weighted by Crippen LogP contribution is -2.23. The minimum atomic E-state index is -3.58. The quantitative estimate of drug-likeness (QED) is 0.811. The number of nitrogens with zero attached hydrogens (tertiary/aromatic N) is 2. The van der Waals surface area contributed by atoms with Crippen molar-refractivity contribution in [3.05, 3.63) is 40.1 Å². The number of aryl methyl sites for hydroxylation is 2. The number of benzene rings is 1. The summed E-state index contributed by atoms with van der Waals surface area (Å²) < 4.78 is 29.1. The molecule has 0 radical (unpaired) electrons. The Balaban J connectivity index is 2.19. The van der Waals surface area contributed by atoms with Gasteiger partial charge >= 0.3 is 0 Å². The van der Waals surface area contributed by atoms with Crippen molar-refractivity contribution in [1.82, 2.24) is 14.5 Å². The normalized spacial score (nSPS) is 11.8. The van der Waals surface area contributed by atoms with Gasteiger partial charge in [0.2, 0.25) is 10.0 Å². The predicted octanol–water partition coefficient (Wildman–Crippen LogP) is 1.55. The maximum absolute atomic E-state index is 12.2. The Hall–Kier alpha value is -1.38. The average Bonchev–Trinajstić information content (AvgIpc) is 2.69. The third-order valence-electron chi connectivity index (χ3n) is 2.85. The molecule has 0 amide bonds. The zero-order chi connectivity index (χ0) is 14.9. The standard InChI is InChI=1S/C12H15BrN4O2S/c1-8-9(7-17(2)16-8)6-15-20(18,19)10-3-4-12(14)11(13)5-10/h3-5,7,15H,6,14H2,1-2H3. The minimum Gasteiger partial charge on any atom is -0.398 e. The molecule has 0 unspecified atom stereocenters. The SMILES string of the molecule is Cc1nn(C)cc1CNS(=O)(=O)c1ccc(N)c(Br)c1. The zero-order valence-corrected chi connectivity index (χ0v) is 13.5. The predicted molar refractivity (Wildman–Crippen MR) is 80.5 cm³/mol. The molecule has 1 aromatic carbocycles. The molecule has 0 atom stereocenters. The fourth-order valence-corrected chi connectivity index (χ4v) is 3.32. The number of sulfonamides is 1. The van der Waals surface area contributed by atoms with Crippen molar-refractivity contribution in [1.29, 1.82) is 0 Å². The second-order valence-electron chi connectivity index (χ2n) is 4.42. The molecule has 0 saturated carbocycles. The lowest BCUT2D eigenvalue weighted by molar-refractivity contribution is 0.581. The molecule has 3 N–H and O–H groups in total. The van der Waals surface area contributed by atoms with Crippen LogP contribution >= 0.6 is 15.9 Å². The zero-order valence-electron chi connectivity index (χ0n) is 11.1. The summed E-state index contributed by atoms with van der Waals surface area (Å²) >= 11 is 3.22. The number of anilines is 1. The minimum absolute atomic E-state index is 0.167. The first kappa shape index (κ1) is 15.0. The van der Waals surface area contributed by atoms with Gasteiger partial charge in [0.05, 0.1) is 10.6 Å². The molecule has 6 nitrogen and oxygen atoms in total. The molecule has 0 spiro atoms. The molecule has 0 bridgehead atoms. The van der Waals surface area contributed by atoms with Gasteiger partial charge in [-0.3, -0.25) is 4.68 Å².